The predicted molar refractivity (Wildman–Crippen MR) is 83.1 cm³/mol. The average molecular weight is 289 g/mol. The summed E-state index contributed by atoms with van der Waals surface area (Å²) in [6.45, 7) is 4.17. The van der Waals surface area contributed by atoms with E-state index >= 15 is 0 Å². The Hall–Kier alpha value is -1.59. The smallest absolute Gasteiger partial charge is 0.180 e. The van der Waals surface area contributed by atoms with Crippen LogP contribution in [0.3, 0.4) is 0 Å². The summed E-state index contributed by atoms with van der Waals surface area (Å²) in [7, 11) is 0. The zero-order valence-corrected chi connectivity index (χ0v) is 12.2. The van der Waals surface area contributed by atoms with Gasteiger partial charge in [-0.1, -0.05) is 12.1 Å². The second kappa shape index (κ2) is 6.24. The third-order valence-corrected chi connectivity index (χ3v) is 4.20. The number of thiazole rings is 1. The molecule has 0 radical (unpaired) electrons. The van der Waals surface area contributed by atoms with E-state index in [1.165, 1.54) is 37.3 Å². The number of aromatic nitrogens is 1. The summed E-state index contributed by atoms with van der Waals surface area (Å²) in [4.78, 5) is 6.75. The molecule has 2 aromatic rings. The fourth-order valence-corrected chi connectivity index (χ4v) is 3.04. The quantitative estimate of drug-likeness (QED) is 0.919. The van der Waals surface area contributed by atoms with Crippen molar-refractivity contribution in [3.05, 3.63) is 29.6 Å². The van der Waals surface area contributed by atoms with Gasteiger partial charge in [-0.05, 0) is 38.1 Å². The van der Waals surface area contributed by atoms with Gasteiger partial charge < -0.3 is 10.5 Å². The molecule has 3 rings (SSSR count). The lowest BCUT2D eigenvalue weighted by molar-refractivity contribution is 0.238. The topological polar surface area (TPSA) is 51.4 Å². The molecule has 1 saturated heterocycles. The lowest BCUT2D eigenvalue weighted by atomic mass is 10.2. The first-order valence-corrected chi connectivity index (χ1v) is 7.86. The summed E-state index contributed by atoms with van der Waals surface area (Å²) in [5.41, 5.74) is 7.64. The van der Waals surface area contributed by atoms with Crippen LogP contribution in [-0.2, 0) is 0 Å². The summed E-state index contributed by atoms with van der Waals surface area (Å²) in [5, 5.41) is 2.57. The zero-order chi connectivity index (χ0) is 13.8. The monoisotopic (exact) mass is 289 g/mol. The number of nitrogen functional groups attached to an aromatic ring is 1. The molecule has 0 aliphatic carbocycles. The maximum absolute atomic E-state index is 5.84. The summed E-state index contributed by atoms with van der Waals surface area (Å²) in [6, 6.07) is 8.04. The highest BCUT2D eigenvalue weighted by molar-refractivity contribution is 7.13. The van der Waals surface area contributed by atoms with E-state index in [1.807, 2.05) is 29.6 Å². The molecule has 0 saturated carbocycles. The Morgan fingerprint density at radius 2 is 2.15 bits per heavy atom. The molecular formula is C15H19N3OS. The average Bonchev–Trinajstić information content (AvgIpc) is 3.11. The number of likely N-dealkylation sites (tertiary alicyclic amines) is 1. The van der Waals surface area contributed by atoms with Crippen molar-refractivity contribution in [2.24, 2.45) is 0 Å². The van der Waals surface area contributed by atoms with Crippen LogP contribution in [0.5, 0.6) is 5.75 Å². The van der Waals surface area contributed by atoms with Crippen LogP contribution in [0.25, 0.3) is 11.3 Å². The molecule has 5 heteroatoms. The maximum atomic E-state index is 5.84. The SMILES string of the molecule is Nc1nc(-c2cccc(OCCN3CCCC3)c2)cs1. The molecule has 4 nitrogen and oxygen atoms in total. The van der Waals surface area contributed by atoms with Gasteiger partial charge in [0.1, 0.15) is 12.4 Å². The van der Waals surface area contributed by atoms with Crippen molar-refractivity contribution in [3.63, 3.8) is 0 Å². The third kappa shape index (κ3) is 3.29. The van der Waals surface area contributed by atoms with Gasteiger partial charge in [-0.2, -0.15) is 0 Å². The van der Waals surface area contributed by atoms with Crippen molar-refractivity contribution in [2.45, 2.75) is 12.8 Å². The summed E-state index contributed by atoms with van der Waals surface area (Å²) in [6.07, 6.45) is 2.64. The minimum absolute atomic E-state index is 0.598. The second-order valence-electron chi connectivity index (χ2n) is 5.00. The van der Waals surface area contributed by atoms with Gasteiger partial charge in [0.2, 0.25) is 0 Å². The highest BCUT2D eigenvalue weighted by atomic mass is 32.1. The minimum Gasteiger partial charge on any atom is -0.492 e. The molecule has 2 N–H and O–H groups in total. The fraction of sp³-hybridized carbons (Fsp3) is 0.400. The van der Waals surface area contributed by atoms with Gasteiger partial charge in [-0.25, -0.2) is 4.98 Å². The number of benzene rings is 1. The lowest BCUT2D eigenvalue weighted by Gasteiger charge is -2.15. The molecule has 1 fully saturated rings. The standard InChI is InChI=1S/C15H19N3OS/c16-15-17-14(11-20-15)12-4-3-5-13(10-12)19-9-8-18-6-1-2-7-18/h3-5,10-11H,1-2,6-9H2,(H2,16,17). The van der Waals surface area contributed by atoms with Gasteiger partial charge in [0.05, 0.1) is 5.69 Å². The molecule has 0 unspecified atom stereocenters. The summed E-state index contributed by atoms with van der Waals surface area (Å²) in [5.74, 6) is 0.897. The third-order valence-electron chi connectivity index (χ3n) is 3.53. The van der Waals surface area contributed by atoms with Crippen LogP contribution in [0.2, 0.25) is 0 Å². The highest BCUT2D eigenvalue weighted by Crippen LogP contribution is 2.26. The Balaban J connectivity index is 1.59. The van der Waals surface area contributed by atoms with Gasteiger partial charge in [-0.15, -0.1) is 11.3 Å². The van der Waals surface area contributed by atoms with E-state index in [0.717, 1.165) is 30.2 Å². The van der Waals surface area contributed by atoms with E-state index in [4.69, 9.17) is 10.5 Å². The van der Waals surface area contributed by atoms with Crippen molar-refractivity contribution in [2.75, 3.05) is 32.0 Å². The van der Waals surface area contributed by atoms with E-state index < -0.39 is 0 Å². The van der Waals surface area contributed by atoms with Crippen molar-refractivity contribution in [1.29, 1.82) is 0 Å². The molecule has 2 heterocycles. The van der Waals surface area contributed by atoms with Gasteiger partial charge in [0, 0.05) is 17.5 Å². The zero-order valence-electron chi connectivity index (χ0n) is 11.4. The van der Waals surface area contributed by atoms with E-state index in [9.17, 15) is 0 Å². The Labute approximate surface area is 123 Å². The van der Waals surface area contributed by atoms with Gasteiger partial charge in [-0.3, -0.25) is 4.90 Å². The molecule has 1 aliphatic rings. The predicted octanol–water partition coefficient (Wildman–Crippen LogP) is 2.87. The van der Waals surface area contributed by atoms with Crippen LogP contribution in [0.1, 0.15) is 12.8 Å². The molecule has 0 bridgehead atoms. The number of anilines is 1. The Bertz CT molecular complexity index is 564. The number of ether oxygens (including phenoxy) is 1. The van der Waals surface area contributed by atoms with Crippen molar-refractivity contribution >= 4 is 16.5 Å². The van der Waals surface area contributed by atoms with Gasteiger partial charge >= 0.3 is 0 Å². The summed E-state index contributed by atoms with van der Waals surface area (Å²) < 4.78 is 5.84. The van der Waals surface area contributed by atoms with E-state index in [1.54, 1.807) is 0 Å². The van der Waals surface area contributed by atoms with Crippen LogP contribution in [-0.4, -0.2) is 36.1 Å². The van der Waals surface area contributed by atoms with Crippen LogP contribution in [0.15, 0.2) is 29.6 Å². The van der Waals surface area contributed by atoms with Gasteiger partial charge in [0.25, 0.3) is 0 Å². The lowest BCUT2D eigenvalue weighted by Crippen LogP contribution is -2.25. The molecule has 0 amide bonds. The first-order chi connectivity index (χ1) is 9.81. The van der Waals surface area contributed by atoms with Crippen LogP contribution in [0.4, 0.5) is 5.13 Å². The number of nitrogens with zero attached hydrogens (tertiary/aromatic N) is 2. The van der Waals surface area contributed by atoms with E-state index in [-0.39, 0.29) is 0 Å². The minimum atomic E-state index is 0.598. The first kappa shape index (κ1) is 13.4. The first-order valence-electron chi connectivity index (χ1n) is 6.98. The van der Waals surface area contributed by atoms with Crippen molar-refractivity contribution in [1.82, 2.24) is 9.88 Å². The fourth-order valence-electron chi connectivity index (χ4n) is 2.46. The van der Waals surface area contributed by atoms with E-state index in [0.29, 0.717) is 5.13 Å². The second-order valence-corrected chi connectivity index (χ2v) is 5.89. The molecule has 1 aliphatic heterocycles. The van der Waals surface area contributed by atoms with Crippen molar-refractivity contribution in [3.8, 4) is 17.0 Å². The normalized spacial score (nSPS) is 15.6. The molecular weight excluding hydrogens is 270 g/mol. The van der Waals surface area contributed by atoms with Crippen molar-refractivity contribution < 1.29 is 4.74 Å². The highest BCUT2D eigenvalue weighted by Gasteiger charge is 2.11. The van der Waals surface area contributed by atoms with Crippen LogP contribution in [0, 0.1) is 0 Å². The van der Waals surface area contributed by atoms with Crippen LogP contribution < -0.4 is 10.5 Å². The Morgan fingerprint density at radius 3 is 2.90 bits per heavy atom. The summed E-state index contributed by atoms with van der Waals surface area (Å²) >= 11 is 1.46. The van der Waals surface area contributed by atoms with Crippen LogP contribution >= 0.6 is 11.3 Å². The Morgan fingerprint density at radius 1 is 1.30 bits per heavy atom. The number of hydrogen-bond donors (Lipinski definition) is 1. The van der Waals surface area contributed by atoms with Gasteiger partial charge in [0.15, 0.2) is 5.13 Å². The molecule has 0 atom stereocenters. The molecule has 0 spiro atoms. The number of hydrogen-bond acceptors (Lipinski definition) is 5. The number of rotatable bonds is 5. The number of nitrogens with two attached hydrogens (primary N) is 1. The molecule has 1 aromatic heterocycles. The molecule has 20 heavy (non-hydrogen) atoms. The molecule has 106 valence electrons. The largest absolute Gasteiger partial charge is 0.492 e. The maximum Gasteiger partial charge on any atom is 0.180 e. The molecule has 1 aromatic carbocycles. The van der Waals surface area contributed by atoms with E-state index in [2.05, 4.69) is 9.88 Å². The Kier molecular flexibility index (Phi) is 4.18.